The summed E-state index contributed by atoms with van der Waals surface area (Å²) >= 11 is 0. The first kappa shape index (κ1) is 14.3. The van der Waals surface area contributed by atoms with Crippen LogP contribution < -0.4 is 16.8 Å². The Labute approximate surface area is 107 Å². The van der Waals surface area contributed by atoms with Crippen molar-refractivity contribution >= 4 is 17.3 Å². The number of nitrogens with two attached hydrogens (primary N) is 2. The van der Waals surface area contributed by atoms with Crippen molar-refractivity contribution in [3.63, 3.8) is 0 Å². The summed E-state index contributed by atoms with van der Waals surface area (Å²) in [4.78, 5) is 11.1. The van der Waals surface area contributed by atoms with Gasteiger partial charge in [0, 0.05) is 12.2 Å². The van der Waals surface area contributed by atoms with E-state index in [-0.39, 0.29) is 16.9 Å². The SMILES string of the molecule is CCCCCCNc1cc(C(N)=O)c(N)cc1F. The van der Waals surface area contributed by atoms with Crippen LogP contribution in [0.25, 0.3) is 0 Å². The van der Waals surface area contributed by atoms with E-state index in [9.17, 15) is 9.18 Å². The van der Waals surface area contributed by atoms with Gasteiger partial charge >= 0.3 is 0 Å². The van der Waals surface area contributed by atoms with Crippen LogP contribution >= 0.6 is 0 Å². The van der Waals surface area contributed by atoms with Gasteiger partial charge in [0.2, 0.25) is 0 Å². The molecule has 1 aromatic rings. The third kappa shape index (κ3) is 3.91. The number of benzene rings is 1. The van der Waals surface area contributed by atoms with Gasteiger partial charge < -0.3 is 16.8 Å². The first-order chi connectivity index (χ1) is 8.56. The summed E-state index contributed by atoms with van der Waals surface area (Å²) in [6, 6.07) is 2.49. The number of hydrogen-bond acceptors (Lipinski definition) is 3. The van der Waals surface area contributed by atoms with E-state index in [1.165, 1.54) is 12.5 Å². The van der Waals surface area contributed by atoms with Crippen LogP contribution in [0.5, 0.6) is 0 Å². The number of hydrogen-bond donors (Lipinski definition) is 3. The predicted molar refractivity (Wildman–Crippen MR) is 72.0 cm³/mol. The minimum atomic E-state index is -0.651. The van der Waals surface area contributed by atoms with Gasteiger partial charge in [0.15, 0.2) is 0 Å². The molecule has 0 radical (unpaired) electrons. The van der Waals surface area contributed by atoms with Crippen LogP contribution in [-0.2, 0) is 0 Å². The predicted octanol–water partition coefficient (Wildman–Crippen LogP) is 2.50. The monoisotopic (exact) mass is 253 g/mol. The van der Waals surface area contributed by atoms with Gasteiger partial charge in [-0.25, -0.2) is 4.39 Å². The summed E-state index contributed by atoms with van der Waals surface area (Å²) in [5.74, 6) is -1.12. The summed E-state index contributed by atoms with van der Waals surface area (Å²) in [5, 5.41) is 2.96. The second-order valence-electron chi connectivity index (χ2n) is 4.27. The lowest BCUT2D eigenvalue weighted by atomic mass is 10.1. The number of primary amides is 1. The van der Waals surface area contributed by atoms with E-state index in [0.29, 0.717) is 6.54 Å². The zero-order valence-corrected chi connectivity index (χ0v) is 10.6. The summed E-state index contributed by atoms with van der Waals surface area (Å²) in [7, 11) is 0. The van der Waals surface area contributed by atoms with Crippen LogP contribution in [0.2, 0.25) is 0 Å². The smallest absolute Gasteiger partial charge is 0.250 e. The number of unbranched alkanes of at least 4 members (excludes halogenated alkanes) is 3. The number of anilines is 2. The van der Waals surface area contributed by atoms with E-state index in [4.69, 9.17) is 11.5 Å². The summed E-state index contributed by atoms with van der Waals surface area (Å²) in [6.45, 7) is 2.80. The zero-order valence-electron chi connectivity index (χ0n) is 10.6. The molecule has 5 N–H and O–H groups in total. The second-order valence-corrected chi connectivity index (χ2v) is 4.27. The van der Waals surface area contributed by atoms with Gasteiger partial charge in [-0.1, -0.05) is 26.2 Å². The van der Waals surface area contributed by atoms with E-state index < -0.39 is 11.7 Å². The molecule has 0 saturated carbocycles. The third-order valence-corrected chi connectivity index (χ3v) is 2.75. The summed E-state index contributed by atoms with van der Waals surface area (Å²) in [5.41, 5.74) is 11.2. The van der Waals surface area contributed by atoms with E-state index in [1.807, 2.05) is 0 Å². The number of rotatable bonds is 7. The molecule has 0 bridgehead atoms. The van der Waals surface area contributed by atoms with Gasteiger partial charge in [-0.05, 0) is 18.6 Å². The Kier molecular flexibility index (Phi) is 5.42. The standard InChI is InChI=1S/C13H20FN3O/c1-2-3-4-5-6-17-12-7-9(13(16)18)11(15)8-10(12)14/h7-8,17H,2-6,15H2,1H3,(H2,16,18). The molecule has 0 aliphatic carbocycles. The van der Waals surface area contributed by atoms with Crippen molar-refractivity contribution in [3.8, 4) is 0 Å². The topological polar surface area (TPSA) is 81.1 Å². The fourth-order valence-corrected chi connectivity index (χ4v) is 1.71. The minimum Gasteiger partial charge on any atom is -0.398 e. The maximum absolute atomic E-state index is 13.6. The number of carbonyl (C=O) groups excluding carboxylic acids is 1. The molecular formula is C13H20FN3O. The summed E-state index contributed by atoms with van der Waals surface area (Å²) < 4.78 is 13.6. The van der Waals surface area contributed by atoms with Crippen molar-refractivity contribution in [1.82, 2.24) is 0 Å². The van der Waals surface area contributed by atoms with Crippen molar-refractivity contribution < 1.29 is 9.18 Å². The lowest BCUT2D eigenvalue weighted by Gasteiger charge is -2.10. The van der Waals surface area contributed by atoms with Gasteiger partial charge in [-0.2, -0.15) is 0 Å². The van der Waals surface area contributed by atoms with Gasteiger partial charge in [-0.15, -0.1) is 0 Å². The van der Waals surface area contributed by atoms with E-state index in [2.05, 4.69) is 12.2 Å². The van der Waals surface area contributed by atoms with Crippen molar-refractivity contribution in [1.29, 1.82) is 0 Å². The Morgan fingerprint density at radius 1 is 1.33 bits per heavy atom. The molecule has 5 heteroatoms. The third-order valence-electron chi connectivity index (χ3n) is 2.75. The Morgan fingerprint density at radius 3 is 2.67 bits per heavy atom. The molecular weight excluding hydrogens is 233 g/mol. The maximum Gasteiger partial charge on any atom is 0.250 e. The number of amides is 1. The molecule has 1 amide bonds. The molecule has 4 nitrogen and oxygen atoms in total. The van der Waals surface area contributed by atoms with Crippen LogP contribution in [0.3, 0.4) is 0 Å². The van der Waals surface area contributed by atoms with Gasteiger partial charge in [-0.3, -0.25) is 4.79 Å². The van der Waals surface area contributed by atoms with E-state index in [0.717, 1.165) is 25.3 Å². The number of nitrogen functional groups attached to an aromatic ring is 1. The van der Waals surface area contributed by atoms with Crippen molar-refractivity contribution in [2.24, 2.45) is 5.73 Å². The quantitative estimate of drug-likeness (QED) is 0.516. The Morgan fingerprint density at radius 2 is 2.06 bits per heavy atom. The molecule has 1 rings (SSSR count). The second kappa shape index (κ2) is 6.83. The molecule has 0 unspecified atom stereocenters. The molecule has 18 heavy (non-hydrogen) atoms. The van der Waals surface area contributed by atoms with Crippen LogP contribution in [0.4, 0.5) is 15.8 Å². The van der Waals surface area contributed by atoms with Crippen LogP contribution in [-0.4, -0.2) is 12.5 Å². The fraction of sp³-hybridized carbons (Fsp3) is 0.462. The highest BCUT2D eigenvalue weighted by molar-refractivity contribution is 5.99. The normalized spacial score (nSPS) is 10.3. The molecule has 0 heterocycles. The fourth-order valence-electron chi connectivity index (χ4n) is 1.71. The lowest BCUT2D eigenvalue weighted by Crippen LogP contribution is -2.15. The maximum atomic E-state index is 13.6. The first-order valence-corrected chi connectivity index (χ1v) is 6.19. The van der Waals surface area contributed by atoms with Crippen LogP contribution in [0, 0.1) is 5.82 Å². The van der Waals surface area contributed by atoms with Gasteiger partial charge in [0.25, 0.3) is 5.91 Å². The highest BCUT2D eigenvalue weighted by atomic mass is 19.1. The highest BCUT2D eigenvalue weighted by Crippen LogP contribution is 2.22. The largest absolute Gasteiger partial charge is 0.398 e. The molecule has 0 aliphatic heterocycles. The van der Waals surface area contributed by atoms with Crippen LogP contribution in [0.15, 0.2) is 12.1 Å². The Bertz CT molecular complexity index is 421. The first-order valence-electron chi connectivity index (χ1n) is 6.19. The molecule has 0 saturated heterocycles. The lowest BCUT2D eigenvalue weighted by molar-refractivity contribution is 0.100. The Hall–Kier alpha value is -1.78. The number of carbonyl (C=O) groups is 1. The number of halogens is 1. The van der Waals surface area contributed by atoms with Crippen molar-refractivity contribution in [3.05, 3.63) is 23.5 Å². The Balaban J connectivity index is 2.65. The zero-order chi connectivity index (χ0) is 13.5. The van der Waals surface area contributed by atoms with E-state index in [1.54, 1.807) is 0 Å². The molecule has 0 spiro atoms. The van der Waals surface area contributed by atoms with Gasteiger partial charge in [0.05, 0.1) is 11.3 Å². The minimum absolute atomic E-state index is 0.0662. The van der Waals surface area contributed by atoms with Gasteiger partial charge in [0.1, 0.15) is 5.82 Å². The molecule has 0 aromatic heterocycles. The van der Waals surface area contributed by atoms with E-state index >= 15 is 0 Å². The molecule has 0 atom stereocenters. The number of nitrogens with one attached hydrogen (secondary N) is 1. The molecule has 0 aliphatic rings. The average molecular weight is 253 g/mol. The summed E-state index contributed by atoms with van der Waals surface area (Å²) in [6.07, 6.45) is 4.38. The average Bonchev–Trinajstić information content (AvgIpc) is 2.30. The molecule has 1 aromatic carbocycles. The molecule has 100 valence electrons. The van der Waals surface area contributed by atoms with Crippen molar-refractivity contribution in [2.75, 3.05) is 17.6 Å². The van der Waals surface area contributed by atoms with Crippen molar-refractivity contribution in [2.45, 2.75) is 32.6 Å². The molecule has 0 fully saturated rings. The van der Waals surface area contributed by atoms with Crippen LogP contribution in [0.1, 0.15) is 43.0 Å². The highest BCUT2D eigenvalue weighted by Gasteiger charge is 2.11.